The van der Waals surface area contributed by atoms with Gasteiger partial charge in [-0.05, 0) is 12.1 Å². The van der Waals surface area contributed by atoms with E-state index in [1.54, 1.807) is 0 Å². The minimum Gasteiger partial charge on any atom is -0.298 e. The Morgan fingerprint density at radius 2 is 2.23 bits per heavy atom. The normalized spacial score (nSPS) is 12.2. The summed E-state index contributed by atoms with van der Waals surface area (Å²) in [6.45, 7) is 0. The van der Waals surface area contributed by atoms with Gasteiger partial charge in [0.25, 0.3) is 11.3 Å². The number of carbonyl (C=O) groups is 1. The number of nitrogens with one attached hydrogen (secondary N) is 1. The van der Waals surface area contributed by atoms with E-state index in [0.717, 1.165) is 0 Å². The zero-order valence-electron chi connectivity index (χ0n) is 6.36. The minimum atomic E-state index is -2.19. The zero-order chi connectivity index (χ0) is 9.84. The van der Waals surface area contributed by atoms with Gasteiger partial charge >= 0.3 is 0 Å². The fraction of sp³-hybridized carbons (Fsp3) is 0. The van der Waals surface area contributed by atoms with Crippen molar-refractivity contribution in [3.05, 3.63) is 28.8 Å². The zero-order valence-corrected chi connectivity index (χ0v) is 7.93. The lowest BCUT2D eigenvalue weighted by Gasteiger charge is -2.03. The van der Waals surface area contributed by atoms with E-state index in [1.807, 2.05) is 0 Å². The number of benzene rings is 1. The molecule has 0 aliphatic rings. The Kier molecular flexibility index (Phi) is 3.41. The molecule has 0 aromatic heterocycles. The van der Waals surface area contributed by atoms with E-state index < -0.39 is 11.3 Å². The van der Waals surface area contributed by atoms with Crippen molar-refractivity contribution in [2.75, 3.05) is 4.72 Å². The van der Waals surface area contributed by atoms with Crippen molar-refractivity contribution in [1.29, 1.82) is 0 Å². The van der Waals surface area contributed by atoms with Crippen LogP contribution in [0, 0.1) is 0 Å². The van der Waals surface area contributed by atoms with Crippen LogP contribution in [0.2, 0.25) is 5.02 Å². The number of anilines is 1. The van der Waals surface area contributed by atoms with Gasteiger partial charge in [-0.15, -0.1) is 0 Å². The molecule has 4 nitrogen and oxygen atoms in total. The van der Waals surface area contributed by atoms with Gasteiger partial charge in [0.05, 0.1) is 10.7 Å². The van der Waals surface area contributed by atoms with Crippen molar-refractivity contribution in [3.63, 3.8) is 0 Å². The predicted octanol–water partition coefficient (Wildman–Crippen LogP) is 1.70. The summed E-state index contributed by atoms with van der Waals surface area (Å²) >= 11 is 3.49. The van der Waals surface area contributed by atoms with Crippen molar-refractivity contribution < 1.29 is 13.6 Å². The molecule has 0 heterocycles. The fourth-order valence-corrected chi connectivity index (χ4v) is 1.37. The third kappa shape index (κ3) is 2.80. The van der Waals surface area contributed by atoms with Crippen molar-refractivity contribution in [3.8, 4) is 0 Å². The average Bonchev–Trinajstić information content (AvgIpc) is 2.08. The van der Waals surface area contributed by atoms with E-state index in [-0.39, 0.29) is 10.7 Å². The molecule has 1 unspecified atom stereocenters. The maximum absolute atomic E-state index is 10.4. The topological polar surface area (TPSA) is 66.4 Å². The van der Waals surface area contributed by atoms with Gasteiger partial charge < -0.3 is 0 Å². The van der Waals surface area contributed by atoms with Crippen LogP contribution >= 0.6 is 11.6 Å². The Balaban J connectivity index is 3.03. The summed E-state index contributed by atoms with van der Waals surface area (Å²) in [5.41, 5.74) is 0.643. The molecule has 70 valence electrons. The first-order chi connectivity index (χ1) is 6.13. The van der Waals surface area contributed by atoms with E-state index in [9.17, 15) is 9.00 Å². The minimum absolute atomic E-state index is 0.257. The second kappa shape index (κ2) is 4.36. The number of rotatable bonds is 3. The molecule has 0 radical (unpaired) electrons. The van der Waals surface area contributed by atoms with Gasteiger partial charge in [-0.1, -0.05) is 17.7 Å². The quantitative estimate of drug-likeness (QED) is 0.601. The summed E-state index contributed by atoms with van der Waals surface area (Å²) in [5.74, 6) is 0. The molecule has 1 rings (SSSR count). The molecule has 2 N–H and O–H groups in total. The lowest BCUT2D eigenvalue weighted by atomic mass is 10.2. The van der Waals surface area contributed by atoms with Crippen molar-refractivity contribution in [2.24, 2.45) is 0 Å². The highest BCUT2D eigenvalue weighted by Gasteiger charge is 2.02. The molecule has 0 fully saturated rings. The summed E-state index contributed by atoms with van der Waals surface area (Å²) in [6, 6.07) is 4.38. The van der Waals surface area contributed by atoms with Crippen LogP contribution in [0.3, 0.4) is 0 Å². The molecule has 1 aromatic carbocycles. The largest absolute Gasteiger partial charge is 0.298 e. The lowest BCUT2D eigenvalue weighted by molar-refractivity contribution is 0.112. The van der Waals surface area contributed by atoms with Gasteiger partial charge in [0.2, 0.25) is 0 Å². The maximum Gasteiger partial charge on any atom is 0.259 e. The van der Waals surface area contributed by atoms with Gasteiger partial charge in [-0.25, -0.2) is 4.21 Å². The molecule has 0 saturated carbocycles. The average molecular weight is 220 g/mol. The number of halogens is 1. The Hall–Kier alpha value is -0.910. The number of aldehydes is 1. The summed E-state index contributed by atoms with van der Waals surface area (Å²) in [6.07, 6.45) is 0.627. The van der Waals surface area contributed by atoms with Crippen LogP contribution in [0.5, 0.6) is 0 Å². The standard InChI is InChI=1S/C7H6ClNO3S/c8-6-2-1-5(4-10)3-7(6)9-13(11)12/h1-4,9H,(H,11,12). The van der Waals surface area contributed by atoms with Gasteiger partial charge in [0, 0.05) is 5.56 Å². The molecule has 0 aliphatic heterocycles. The highest BCUT2D eigenvalue weighted by Crippen LogP contribution is 2.22. The molecule has 0 amide bonds. The van der Waals surface area contributed by atoms with Gasteiger partial charge in [0.15, 0.2) is 0 Å². The molecule has 0 bridgehead atoms. The molecule has 0 aliphatic carbocycles. The van der Waals surface area contributed by atoms with Crippen LogP contribution in [0.4, 0.5) is 5.69 Å². The van der Waals surface area contributed by atoms with E-state index in [0.29, 0.717) is 11.8 Å². The SMILES string of the molecule is O=Cc1ccc(Cl)c(NS(=O)O)c1. The number of carbonyl (C=O) groups excluding carboxylic acids is 1. The van der Waals surface area contributed by atoms with Crippen LogP contribution in [0.1, 0.15) is 10.4 Å². The van der Waals surface area contributed by atoms with Gasteiger partial charge in [-0.2, -0.15) is 0 Å². The molecule has 1 atom stereocenters. The molecule has 6 heteroatoms. The lowest BCUT2D eigenvalue weighted by Crippen LogP contribution is -2.02. The van der Waals surface area contributed by atoms with Crippen LogP contribution in [-0.4, -0.2) is 15.0 Å². The van der Waals surface area contributed by atoms with Crippen LogP contribution in [0.25, 0.3) is 0 Å². The molecule has 0 spiro atoms. The Labute approximate surface area is 82.3 Å². The smallest absolute Gasteiger partial charge is 0.259 e. The molecule has 1 aromatic rings. The third-order valence-corrected chi connectivity index (χ3v) is 2.05. The summed E-state index contributed by atoms with van der Waals surface area (Å²) in [7, 11) is 0. The highest BCUT2D eigenvalue weighted by atomic mass is 35.5. The first-order valence-electron chi connectivity index (χ1n) is 3.25. The van der Waals surface area contributed by atoms with E-state index in [2.05, 4.69) is 4.72 Å². The number of hydrogen-bond donors (Lipinski definition) is 2. The summed E-state index contributed by atoms with van der Waals surface area (Å²) in [4.78, 5) is 10.3. The van der Waals surface area contributed by atoms with E-state index >= 15 is 0 Å². The van der Waals surface area contributed by atoms with Gasteiger partial charge in [0.1, 0.15) is 6.29 Å². The van der Waals surface area contributed by atoms with E-state index in [1.165, 1.54) is 18.2 Å². The van der Waals surface area contributed by atoms with Crippen LogP contribution < -0.4 is 4.72 Å². The number of hydrogen-bond acceptors (Lipinski definition) is 2. The molecule has 0 saturated heterocycles. The first-order valence-corrected chi connectivity index (χ1v) is 4.74. The van der Waals surface area contributed by atoms with Crippen LogP contribution in [-0.2, 0) is 11.3 Å². The second-order valence-corrected chi connectivity index (χ2v) is 3.32. The molecular formula is C7H6ClNO3S. The Bertz CT molecular complexity index is 356. The fourth-order valence-electron chi connectivity index (χ4n) is 0.788. The monoisotopic (exact) mass is 219 g/mol. The molecule has 13 heavy (non-hydrogen) atoms. The van der Waals surface area contributed by atoms with Gasteiger partial charge in [-0.3, -0.25) is 14.1 Å². The Morgan fingerprint density at radius 1 is 1.54 bits per heavy atom. The first kappa shape index (κ1) is 10.2. The van der Waals surface area contributed by atoms with Crippen molar-refractivity contribution in [2.45, 2.75) is 0 Å². The van der Waals surface area contributed by atoms with Crippen molar-refractivity contribution >= 4 is 34.8 Å². The summed E-state index contributed by atoms with van der Waals surface area (Å²) < 4.78 is 21.1. The summed E-state index contributed by atoms with van der Waals surface area (Å²) in [5, 5.41) is 0.285. The third-order valence-electron chi connectivity index (χ3n) is 1.32. The highest BCUT2D eigenvalue weighted by molar-refractivity contribution is 7.80. The van der Waals surface area contributed by atoms with Crippen LogP contribution in [0.15, 0.2) is 18.2 Å². The van der Waals surface area contributed by atoms with E-state index in [4.69, 9.17) is 16.2 Å². The maximum atomic E-state index is 10.4. The Morgan fingerprint density at radius 3 is 2.77 bits per heavy atom. The van der Waals surface area contributed by atoms with Crippen molar-refractivity contribution in [1.82, 2.24) is 0 Å². The predicted molar refractivity (Wildman–Crippen MR) is 51.2 cm³/mol. The second-order valence-electron chi connectivity index (χ2n) is 2.21. The molecular weight excluding hydrogens is 214 g/mol.